The lowest BCUT2D eigenvalue weighted by Gasteiger charge is -2.15. The first-order valence-corrected chi connectivity index (χ1v) is 9.30. The van der Waals surface area contributed by atoms with Crippen LogP contribution < -0.4 is 10.6 Å². The van der Waals surface area contributed by atoms with Gasteiger partial charge in [0.1, 0.15) is 11.5 Å². The molecule has 1 aliphatic rings. The van der Waals surface area contributed by atoms with E-state index in [9.17, 15) is 19.1 Å². The first-order chi connectivity index (χ1) is 14.5. The predicted octanol–water partition coefficient (Wildman–Crippen LogP) is 0.545. The summed E-state index contributed by atoms with van der Waals surface area (Å²) < 4.78 is 13.6. The van der Waals surface area contributed by atoms with Gasteiger partial charge in [-0.15, -0.1) is 0 Å². The van der Waals surface area contributed by atoms with Crippen LogP contribution in [0.3, 0.4) is 0 Å². The lowest BCUT2D eigenvalue weighted by Crippen LogP contribution is -2.40. The highest BCUT2D eigenvalue weighted by Crippen LogP contribution is 2.26. The average Bonchev–Trinajstić information content (AvgIpc) is 3.11. The van der Waals surface area contributed by atoms with Crippen molar-refractivity contribution in [2.24, 2.45) is 5.92 Å². The molecule has 2 amide bonds. The number of halogens is 1. The molecule has 1 heterocycles. The highest BCUT2D eigenvalue weighted by atomic mass is 19.1. The van der Waals surface area contributed by atoms with Crippen LogP contribution in [0.15, 0.2) is 42.9 Å². The van der Waals surface area contributed by atoms with Crippen LogP contribution in [0.25, 0.3) is 0 Å². The summed E-state index contributed by atoms with van der Waals surface area (Å²) in [6.45, 7) is 0.0585. The third kappa shape index (κ3) is 6.59. The molecule has 0 saturated heterocycles. The topological polar surface area (TPSA) is 142 Å². The molecule has 30 heavy (non-hydrogen) atoms. The summed E-state index contributed by atoms with van der Waals surface area (Å²) >= 11 is 0. The van der Waals surface area contributed by atoms with Crippen LogP contribution in [-0.2, 0) is 16.0 Å². The summed E-state index contributed by atoms with van der Waals surface area (Å²) in [7, 11) is 0. The monoisotopic (exact) mass is 418 g/mol. The quantitative estimate of drug-likeness (QED) is 0.502. The fourth-order valence-corrected chi connectivity index (χ4v) is 3.21. The summed E-state index contributed by atoms with van der Waals surface area (Å²) in [5.41, 5.74) is 0.695. The van der Waals surface area contributed by atoms with E-state index in [0.29, 0.717) is 24.9 Å². The summed E-state index contributed by atoms with van der Waals surface area (Å²) in [5.74, 6) is -1.35. The molecule has 10 heteroatoms. The Balaban J connectivity index is 0.00000101. The highest BCUT2D eigenvalue weighted by molar-refractivity contribution is 5.92. The Morgan fingerprint density at radius 1 is 1.23 bits per heavy atom. The number of carboxylic acid groups (broad SMARTS) is 1. The Labute approximate surface area is 172 Å². The molecular formula is C20H23FN4O5. The Bertz CT molecular complexity index is 852. The predicted molar refractivity (Wildman–Crippen MR) is 104 cm³/mol. The fraction of sp³-hybridized carbons (Fsp3) is 0.350. The first kappa shape index (κ1) is 22.9. The fourth-order valence-electron chi connectivity index (χ4n) is 3.21. The number of hydrogen-bond donors (Lipinski definition) is 4. The largest absolute Gasteiger partial charge is 0.483 e. The van der Waals surface area contributed by atoms with Crippen LogP contribution >= 0.6 is 0 Å². The summed E-state index contributed by atoms with van der Waals surface area (Å²) in [6, 6.07) is 5.90. The number of hydrogen-bond acceptors (Lipinski definition) is 6. The molecule has 3 rings (SSSR count). The summed E-state index contributed by atoms with van der Waals surface area (Å²) in [5, 5.41) is 22.5. The SMILES string of the molecule is O=C(N[C@@H]1C[C@H](C(=O)NCCc2ccccc2F)C[C@H]1O)c1cnccn1.O=CO. The van der Waals surface area contributed by atoms with E-state index in [0.717, 1.165) is 0 Å². The van der Waals surface area contributed by atoms with Crippen LogP contribution in [0, 0.1) is 11.7 Å². The molecule has 0 unspecified atom stereocenters. The van der Waals surface area contributed by atoms with Gasteiger partial charge in [0.15, 0.2) is 0 Å². The number of carbonyl (C=O) groups excluding carboxylic acids is 2. The molecule has 0 bridgehead atoms. The van der Waals surface area contributed by atoms with Gasteiger partial charge in [0, 0.05) is 24.9 Å². The van der Waals surface area contributed by atoms with Crippen molar-refractivity contribution in [2.75, 3.05) is 6.54 Å². The summed E-state index contributed by atoms with van der Waals surface area (Å²) in [4.78, 5) is 40.5. The van der Waals surface area contributed by atoms with Gasteiger partial charge >= 0.3 is 0 Å². The number of carbonyl (C=O) groups is 3. The molecule has 1 aromatic carbocycles. The van der Waals surface area contributed by atoms with E-state index < -0.39 is 24.0 Å². The number of amides is 2. The van der Waals surface area contributed by atoms with Gasteiger partial charge in [0.05, 0.1) is 18.3 Å². The van der Waals surface area contributed by atoms with Gasteiger partial charge < -0.3 is 20.8 Å². The van der Waals surface area contributed by atoms with Gasteiger partial charge in [-0.1, -0.05) is 18.2 Å². The van der Waals surface area contributed by atoms with Crippen molar-refractivity contribution in [1.82, 2.24) is 20.6 Å². The van der Waals surface area contributed by atoms with E-state index in [-0.39, 0.29) is 30.3 Å². The second kappa shape index (κ2) is 11.6. The van der Waals surface area contributed by atoms with Crippen LogP contribution in [0.4, 0.5) is 4.39 Å². The smallest absolute Gasteiger partial charge is 0.290 e. The van der Waals surface area contributed by atoms with Crippen molar-refractivity contribution in [3.05, 3.63) is 59.9 Å². The van der Waals surface area contributed by atoms with E-state index >= 15 is 0 Å². The average molecular weight is 418 g/mol. The van der Waals surface area contributed by atoms with Crippen LogP contribution in [0.1, 0.15) is 28.9 Å². The number of rotatable bonds is 6. The van der Waals surface area contributed by atoms with Gasteiger partial charge in [0.25, 0.3) is 12.4 Å². The Kier molecular flexibility index (Phi) is 8.82. The van der Waals surface area contributed by atoms with Gasteiger partial charge in [-0.05, 0) is 30.9 Å². The van der Waals surface area contributed by atoms with Crippen molar-refractivity contribution in [3.8, 4) is 0 Å². The van der Waals surface area contributed by atoms with Crippen molar-refractivity contribution in [2.45, 2.75) is 31.4 Å². The number of aliphatic hydroxyl groups excluding tert-OH is 1. The molecule has 1 aromatic heterocycles. The molecule has 0 spiro atoms. The molecule has 9 nitrogen and oxygen atoms in total. The van der Waals surface area contributed by atoms with E-state index in [1.165, 1.54) is 24.7 Å². The lowest BCUT2D eigenvalue weighted by atomic mass is 10.1. The van der Waals surface area contributed by atoms with Crippen LogP contribution in [-0.4, -0.2) is 57.2 Å². The third-order valence-electron chi connectivity index (χ3n) is 4.66. The second-order valence-electron chi connectivity index (χ2n) is 6.64. The zero-order valence-electron chi connectivity index (χ0n) is 16.1. The number of nitrogens with one attached hydrogen (secondary N) is 2. The molecule has 1 saturated carbocycles. The van der Waals surface area contributed by atoms with E-state index in [1.807, 2.05) is 0 Å². The maximum Gasteiger partial charge on any atom is 0.290 e. The Morgan fingerprint density at radius 2 is 1.97 bits per heavy atom. The Hall–Kier alpha value is -3.40. The van der Waals surface area contributed by atoms with Gasteiger partial charge in [-0.3, -0.25) is 19.4 Å². The number of nitrogens with zero attached hydrogens (tertiary/aromatic N) is 2. The number of benzene rings is 1. The molecule has 3 atom stereocenters. The van der Waals surface area contributed by atoms with Crippen LogP contribution in [0.2, 0.25) is 0 Å². The molecule has 0 aliphatic heterocycles. The first-order valence-electron chi connectivity index (χ1n) is 9.30. The highest BCUT2D eigenvalue weighted by Gasteiger charge is 2.37. The molecule has 0 radical (unpaired) electrons. The minimum atomic E-state index is -0.812. The van der Waals surface area contributed by atoms with Crippen molar-refractivity contribution >= 4 is 18.3 Å². The van der Waals surface area contributed by atoms with Gasteiger partial charge in [0.2, 0.25) is 5.91 Å². The zero-order valence-corrected chi connectivity index (χ0v) is 16.1. The van der Waals surface area contributed by atoms with Crippen molar-refractivity contribution < 1.29 is 29.0 Å². The molecule has 1 aliphatic carbocycles. The van der Waals surface area contributed by atoms with Gasteiger partial charge in [-0.2, -0.15) is 0 Å². The molecule has 160 valence electrons. The molecule has 2 aromatic rings. The minimum absolute atomic E-state index is 0.155. The van der Waals surface area contributed by atoms with Gasteiger partial charge in [-0.25, -0.2) is 9.37 Å². The molecule has 1 fully saturated rings. The van der Waals surface area contributed by atoms with E-state index in [2.05, 4.69) is 20.6 Å². The van der Waals surface area contributed by atoms with Crippen molar-refractivity contribution in [3.63, 3.8) is 0 Å². The minimum Gasteiger partial charge on any atom is -0.483 e. The Morgan fingerprint density at radius 3 is 2.63 bits per heavy atom. The standard InChI is InChI=1S/C19H21FN4O3.CH2O2/c20-14-4-2-1-3-12(14)5-6-23-18(26)13-9-15(17(25)10-13)24-19(27)16-11-21-7-8-22-16;2-1-3/h1-4,7-8,11,13,15,17,25H,5-6,9-10H2,(H,23,26)(H,24,27);1H,(H,2,3)/t13-,15+,17+;/m0./s1. The summed E-state index contributed by atoms with van der Waals surface area (Å²) in [6.07, 6.45) is 4.38. The van der Waals surface area contributed by atoms with E-state index in [4.69, 9.17) is 9.90 Å². The zero-order chi connectivity index (χ0) is 21.9. The molecule has 4 N–H and O–H groups in total. The van der Waals surface area contributed by atoms with Crippen molar-refractivity contribution in [1.29, 1.82) is 0 Å². The molecular weight excluding hydrogens is 395 g/mol. The van der Waals surface area contributed by atoms with Crippen LogP contribution in [0.5, 0.6) is 0 Å². The lowest BCUT2D eigenvalue weighted by molar-refractivity contribution is -0.125. The van der Waals surface area contributed by atoms with E-state index in [1.54, 1.807) is 18.2 Å². The number of aromatic nitrogens is 2. The number of aliphatic hydroxyl groups is 1. The maximum absolute atomic E-state index is 13.6. The normalized spacial score (nSPS) is 19.9. The third-order valence-corrected chi connectivity index (χ3v) is 4.66. The second-order valence-corrected chi connectivity index (χ2v) is 6.64. The maximum atomic E-state index is 13.6.